The molecule has 1 atom stereocenters. The van der Waals surface area contributed by atoms with Crippen LogP contribution < -0.4 is 5.73 Å². The van der Waals surface area contributed by atoms with Gasteiger partial charge in [-0.15, -0.1) is 0 Å². The summed E-state index contributed by atoms with van der Waals surface area (Å²) in [7, 11) is 0. The van der Waals surface area contributed by atoms with Gasteiger partial charge < -0.3 is 10.8 Å². The average Bonchev–Trinajstić information content (AvgIpc) is 2.09. The van der Waals surface area contributed by atoms with Gasteiger partial charge in [-0.3, -0.25) is 0 Å². The Bertz CT molecular complexity index is 288. The van der Waals surface area contributed by atoms with Crippen molar-refractivity contribution in [3.8, 4) is 0 Å². The van der Waals surface area contributed by atoms with Crippen LogP contribution in [0.4, 0.5) is 0 Å². The Morgan fingerprint density at radius 1 is 1.54 bits per heavy atom. The lowest BCUT2D eigenvalue weighted by atomic mass is 10.00. The minimum Gasteiger partial charge on any atom is -0.396 e. The number of halogens is 1. The standard InChI is InChI=1S/C10H14ClNO/c1-7-2-3-8(11)6-9(7)10(12)4-5-13/h2-3,6,10,13H,4-5,12H2,1H3/t10-/m0/s1. The predicted molar refractivity (Wildman–Crippen MR) is 54.8 cm³/mol. The lowest BCUT2D eigenvalue weighted by Gasteiger charge is -2.13. The van der Waals surface area contributed by atoms with Crippen molar-refractivity contribution in [3.05, 3.63) is 34.3 Å². The molecule has 0 bridgehead atoms. The van der Waals surface area contributed by atoms with Crippen LogP contribution in [0, 0.1) is 6.92 Å². The summed E-state index contributed by atoms with van der Waals surface area (Å²) >= 11 is 5.84. The molecule has 0 saturated carbocycles. The topological polar surface area (TPSA) is 46.2 Å². The van der Waals surface area contributed by atoms with E-state index in [1.165, 1.54) is 0 Å². The molecule has 1 rings (SSSR count). The lowest BCUT2D eigenvalue weighted by Crippen LogP contribution is -2.13. The van der Waals surface area contributed by atoms with Crippen LogP contribution in [-0.4, -0.2) is 11.7 Å². The van der Waals surface area contributed by atoms with E-state index in [1.54, 1.807) is 0 Å². The monoisotopic (exact) mass is 199 g/mol. The van der Waals surface area contributed by atoms with Gasteiger partial charge in [0.25, 0.3) is 0 Å². The third-order valence-corrected chi connectivity index (χ3v) is 2.32. The number of aryl methyl sites for hydroxylation is 1. The largest absolute Gasteiger partial charge is 0.396 e. The van der Waals surface area contributed by atoms with E-state index in [1.807, 2.05) is 25.1 Å². The Kier molecular flexibility index (Phi) is 3.72. The number of nitrogens with two attached hydrogens (primary N) is 1. The van der Waals surface area contributed by atoms with E-state index in [2.05, 4.69) is 0 Å². The number of benzene rings is 1. The fourth-order valence-corrected chi connectivity index (χ4v) is 1.49. The highest BCUT2D eigenvalue weighted by atomic mass is 35.5. The van der Waals surface area contributed by atoms with E-state index in [9.17, 15) is 0 Å². The minimum atomic E-state index is -0.122. The smallest absolute Gasteiger partial charge is 0.0449 e. The van der Waals surface area contributed by atoms with Gasteiger partial charge in [-0.1, -0.05) is 17.7 Å². The Morgan fingerprint density at radius 2 is 2.23 bits per heavy atom. The van der Waals surface area contributed by atoms with Gasteiger partial charge in [0.1, 0.15) is 0 Å². The summed E-state index contributed by atoms with van der Waals surface area (Å²) in [4.78, 5) is 0. The Balaban J connectivity index is 2.91. The highest BCUT2D eigenvalue weighted by Crippen LogP contribution is 2.22. The van der Waals surface area contributed by atoms with E-state index in [0.717, 1.165) is 11.1 Å². The molecule has 1 aromatic rings. The number of aliphatic hydroxyl groups excluding tert-OH is 1. The number of hydrogen-bond donors (Lipinski definition) is 2. The van der Waals surface area contributed by atoms with E-state index in [-0.39, 0.29) is 12.6 Å². The molecule has 72 valence electrons. The maximum absolute atomic E-state index is 8.75. The summed E-state index contributed by atoms with van der Waals surface area (Å²) in [5, 5.41) is 9.43. The third-order valence-electron chi connectivity index (χ3n) is 2.08. The molecule has 0 aliphatic carbocycles. The molecule has 2 nitrogen and oxygen atoms in total. The first-order valence-electron chi connectivity index (χ1n) is 4.27. The first-order valence-corrected chi connectivity index (χ1v) is 4.65. The molecule has 13 heavy (non-hydrogen) atoms. The van der Waals surface area contributed by atoms with Crippen molar-refractivity contribution < 1.29 is 5.11 Å². The summed E-state index contributed by atoms with van der Waals surface area (Å²) in [6.45, 7) is 2.09. The van der Waals surface area contributed by atoms with Crippen LogP contribution in [0.5, 0.6) is 0 Å². The SMILES string of the molecule is Cc1ccc(Cl)cc1[C@@H](N)CCO. The second-order valence-corrected chi connectivity index (χ2v) is 3.56. The van der Waals surface area contributed by atoms with Crippen LogP contribution in [-0.2, 0) is 0 Å². The Hall–Kier alpha value is -0.570. The molecule has 0 aromatic heterocycles. The molecule has 0 aliphatic heterocycles. The van der Waals surface area contributed by atoms with Gasteiger partial charge in [-0.05, 0) is 36.6 Å². The van der Waals surface area contributed by atoms with Gasteiger partial charge in [0, 0.05) is 17.7 Å². The molecule has 3 N–H and O–H groups in total. The first-order chi connectivity index (χ1) is 6.15. The van der Waals surface area contributed by atoms with Crippen molar-refractivity contribution in [2.24, 2.45) is 5.73 Å². The lowest BCUT2D eigenvalue weighted by molar-refractivity contribution is 0.276. The minimum absolute atomic E-state index is 0.104. The maximum atomic E-state index is 8.75. The molecule has 3 heteroatoms. The maximum Gasteiger partial charge on any atom is 0.0449 e. The molecule has 0 aliphatic rings. The van der Waals surface area contributed by atoms with Gasteiger partial charge in [0.05, 0.1) is 0 Å². The molecule has 0 amide bonds. The van der Waals surface area contributed by atoms with Crippen molar-refractivity contribution in [1.82, 2.24) is 0 Å². The fraction of sp³-hybridized carbons (Fsp3) is 0.400. The zero-order valence-electron chi connectivity index (χ0n) is 7.63. The van der Waals surface area contributed by atoms with Gasteiger partial charge in [0.15, 0.2) is 0 Å². The van der Waals surface area contributed by atoms with Crippen molar-refractivity contribution >= 4 is 11.6 Å². The van der Waals surface area contributed by atoms with Crippen molar-refractivity contribution in [1.29, 1.82) is 0 Å². The zero-order valence-corrected chi connectivity index (χ0v) is 8.38. The van der Waals surface area contributed by atoms with E-state index >= 15 is 0 Å². The quantitative estimate of drug-likeness (QED) is 0.783. The summed E-state index contributed by atoms with van der Waals surface area (Å²) in [5.74, 6) is 0. The number of rotatable bonds is 3. The normalized spacial score (nSPS) is 12.9. The fourth-order valence-electron chi connectivity index (χ4n) is 1.31. The zero-order chi connectivity index (χ0) is 9.84. The van der Waals surface area contributed by atoms with Crippen molar-refractivity contribution in [2.75, 3.05) is 6.61 Å². The molecule has 0 heterocycles. The average molecular weight is 200 g/mol. The second kappa shape index (κ2) is 4.61. The predicted octanol–water partition coefficient (Wildman–Crippen LogP) is 2.03. The van der Waals surface area contributed by atoms with E-state index < -0.39 is 0 Å². The first kappa shape index (κ1) is 10.5. The van der Waals surface area contributed by atoms with E-state index in [0.29, 0.717) is 11.4 Å². The van der Waals surface area contributed by atoms with Gasteiger partial charge in [-0.2, -0.15) is 0 Å². The number of hydrogen-bond acceptors (Lipinski definition) is 2. The van der Waals surface area contributed by atoms with Crippen LogP contribution in [0.1, 0.15) is 23.6 Å². The molecular weight excluding hydrogens is 186 g/mol. The van der Waals surface area contributed by atoms with Crippen LogP contribution in [0.2, 0.25) is 5.02 Å². The highest BCUT2D eigenvalue weighted by molar-refractivity contribution is 6.30. The molecular formula is C10H14ClNO. The number of aliphatic hydroxyl groups is 1. The summed E-state index contributed by atoms with van der Waals surface area (Å²) < 4.78 is 0. The van der Waals surface area contributed by atoms with Crippen LogP contribution >= 0.6 is 11.6 Å². The van der Waals surface area contributed by atoms with Crippen molar-refractivity contribution in [3.63, 3.8) is 0 Å². The molecule has 0 saturated heterocycles. The summed E-state index contributed by atoms with van der Waals surface area (Å²) in [5.41, 5.74) is 7.99. The van der Waals surface area contributed by atoms with E-state index in [4.69, 9.17) is 22.4 Å². The second-order valence-electron chi connectivity index (χ2n) is 3.12. The molecule has 0 radical (unpaired) electrons. The van der Waals surface area contributed by atoms with Crippen LogP contribution in [0.3, 0.4) is 0 Å². The molecule has 0 spiro atoms. The Morgan fingerprint density at radius 3 is 2.85 bits per heavy atom. The van der Waals surface area contributed by atoms with Gasteiger partial charge >= 0.3 is 0 Å². The molecule has 0 fully saturated rings. The molecule has 1 aromatic carbocycles. The van der Waals surface area contributed by atoms with Gasteiger partial charge in [0.2, 0.25) is 0 Å². The molecule has 0 unspecified atom stereocenters. The summed E-state index contributed by atoms with van der Waals surface area (Å²) in [6, 6.07) is 5.52. The third kappa shape index (κ3) is 2.69. The highest BCUT2D eigenvalue weighted by Gasteiger charge is 2.08. The van der Waals surface area contributed by atoms with Crippen molar-refractivity contribution in [2.45, 2.75) is 19.4 Å². The van der Waals surface area contributed by atoms with Crippen LogP contribution in [0.25, 0.3) is 0 Å². The Labute approximate surface area is 83.3 Å². The van der Waals surface area contributed by atoms with Crippen LogP contribution in [0.15, 0.2) is 18.2 Å². The van der Waals surface area contributed by atoms with Gasteiger partial charge in [-0.25, -0.2) is 0 Å². The summed E-state index contributed by atoms with van der Waals surface area (Å²) in [6.07, 6.45) is 0.571.